The van der Waals surface area contributed by atoms with Crippen LogP contribution in [0.1, 0.15) is 93.0 Å². The minimum atomic E-state index is -1.07. The predicted molar refractivity (Wildman–Crippen MR) is 202 cm³/mol. The fraction of sp³-hybridized carbons (Fsp3) is 0.512. The second-order valence-corrected chi connectivity index (χ2v) is 17.4. The summed E-state index contributed by atoms with van der Waals surface area (Å²) in [6.45, 7) is 13.6. The van der Waals surface area contributed by atoms with E-state index in [1.54, 1.807) is 0 Å². The monoisotopic (exact) mass is 713 g/mol. The third kappa shape index (κ3) is 4.27. The van der Waals surface area contributed by atoms with Gasteiger partial charge in [0.15, 0.2) is 17.3 Å². The van der Waals surface area contributed by atoms with E-state index < -0.39 is 5.97 Å². The highest BCUT2D eigenvalue weighted by atomic mass is 16.5. The Balaban J connectivity index is 0.933. The zero-order valence-electron chi connectivity index (χ0n) is 31.2. The zero-order chi connectivity index (χ0) is 36.5. The van der Waals surface area contributed by atoms with Crippen molar-refractivity contribution >= 4 is 40.4 Å². The molecule has 1 aromatic carbocycles. The zero-order valence-corrected chi connectivity index (χ0v) is 31.2. The molecular weight excluding hydrogens is 667 g/mol. The van der Waals surface area contributed by atoms with Gasteiger partial charge in [-0.3, -0.25) is 4.68 Å². The molecule has 5 aliphatic rings. The lowest BCUT2D eigenvalue weighted by Gasteiger charge is -2.82. The standard InChI is InChI=1S/C41H47N9O3/c1-6-16-53-40-20-38(5)18-37(4)19-39(21-40,22-41(37,38)40)23-50-25(3)28(17-42-50)27-13-14-31(45-32(27)35(51)52)49-15-9-10-26-24(2)33(47-48-34(26)49)46-36-43-29-11-7-8-12-30(29)44-36/h7-8,11-14,17H,6,9-10,15-16,18-23H2,1-5H3,(H,51,52)(H2,43,44,46,47). The van der Waals surface area contributed by atoms with E-state index in [4.69, 9.17) is 14.8 Å². The lowest BCUT2D eigenvalue weighted by atomic mass is 9.24. The molecule has 1 aliphatic heterocycles. The molecule has 4 saturated carbocycles. The van der Waals surface area contributed by atoms with Crippen molar-refractivity contribution in [3.63, 3.8) is 0 Å². The maximum atomic E-state index is 12.9. The average molecular weight is 714 g/mol. The minimum Gasteiger partial charge on any atom is -0.476 e. The van der Waals surface area contributed by atoms with Crippen LogP contribution in [0.4, 0.5) is 23.4 Å². The lowest BCUT2D eigenvalue weighted by molar-refractivity contribution is -0.387. The Morgan fingerprint density at radius 2 is 1.83 bits per heavy atom. The van der Waals surface area contributed by atoms with E-state index in [-0.39, 0.29) is 22.1 Å². The Morgan fingerprint density at radius 3 is 2.62 bits per heavy atom. The molecule has 5 heterocycles. The van der Waals surface area contributed by atoms with Gasteiger partial charge >= 0.3 is 5.97 Å². The number of hydrogen-bond acceptors (Lipinski definition) is 9. The van der Waals surface area contributed by atoms with E-state index in [1.807, 2.05) is 54.4 Å². The molecule has 5 aromatic rings. The van der Waals surface area contributed by atoms with E-state index in [0.717, 1.165) is 72.3 Å². The molecule has 12 heteroatoms. The number of nitrogens with zero attached hydrogens (tertiary/aromatic N) is 7. The number of aromatic amines is 1. The number of ether oxygens (including phenoxy) is 1. The number of fused-ring (bicyclic) bond motifs is 3. The summed E-state index contributed by atoms with van der Waals surface area (Å²) in [6.07, 6.45) is 10.5. The van der Waals surface area contributed by atoms with E-state index in [9.17, 15) is 9.90 Å². The number of imidazole rings is 1. The summed E-state index contributed by atoms with van der Waals surface area (Å²) in [5.41, 5.74) is 7.29. The Kier molecular flexibility index (Phi) is 6.72. The van der Waals surface area contributed by atoms with Crippen molar-refractivity contribution in [1.82, 2.24) is 34.9 Å². The number of aromatic carboxylic acids is 1. The van der Waals surface area contributed by atoms with Gasteiger partial charge in [-0.25, -0.2) is 14.8 Å². The molecule has 53 heavy (non-hydrogen) atoms. The van der Waals surface area contributed by atoms with Crippen LogP contribution in [0.3, 0.4) is 0 Å². The molecule has 12 nitrogen and oxygen atoms in total. The molecule has 10 rings (SSSR count). The number of carbonyl (C=O) groups is 1. The van der Waals surface area contributed by atoms with Crippen molar-refractivity contribution < 1.29 is 14.6 Å². The topological polar surface area (TPSA) is 147 Å². The summed E-state index contributed by atoms with van der Waals surface area (Å²) in [7, 11) is 0. The molecule has 0 radical (unpaired) electrons. The van der Waals surface area contributed by atoms with Crippen LogP contribution in [-0.2, 0) is 17.7 Å². The van der Waals surface area contributed by atoms with Crippen LogP contribution >= 0.6 is 0 Å². The van der Waals surface area contributed by atoms with E-state index >= 15 is 0 Å². The van der Waals surface area contributed by atoms with Gasteiger partial charge in [0.25, 0.3) is 0 Å². The predicted octanol–water partition coefficient (Wildman–Crippen LogP) is 7.91. The normalized spacial score (nSPS) is 30.5. The third-order valence-corrected chi connectivity index (χ3v) is 14.2. The molecular formula is C41H47N9O3. The fourth-order valence-electron chi connectivity index (χ4n) is 12.9. The average Bonchev–Trinajstić information content (AvgIpc) is 3.84. The van der Waals surface area contributed by atoms with E-state index in [2.05, 4.69) is 57.9 Å². The van der Waals surface area contributed by atoms with E-state index in [0.29, 0.717) is 46.3 Å². The first kappa shape index (κ1) is 32.8. The van der Waals surface area contributed by atoms with Crippen molar-refractivity contribution in [2.45, 2.75) is 98.1 Å². The summed E-state index contributed by atoms with van der Waals surface area (Å²) >= 11 is 0. The van der Waals surface area contributed by atoms with Gasteiger partial charge in [0.05, 0.1) is 22.8 Å². The quantitative estimate of drug-likeness (QED) is 0.130. The number of carboxylic acids is 1. The van der Waals surface area contributed by atoms with Crippen LogP contribution in [-0.4, -0.2) is 64.8 Å². The summed E-state index contributed by atoms with van der Waals surface area (Å²) < 4.78 is 8.94. The molecule has 1 spiro atoms. The highest BCUT2D eigenvalue weighted by molar-refractivity contribution is 5.95. The summed E-state index contributed by atoms with van der Waals surface area (Å²) in [5, 5.41) is 27.9. The number of rotatable bonds is 10. The number of hydrogen-bond donors (Lipinski definition) is 3. The van der Waals surface area contributed by atoms with Crippen molar-refractivity contribution in [2.24, 2.45) is 21.7 Å². The number of aromatic nitrogens is 7. The third-order valence-electron chi connectivity index (χ3n) is 14.2. The number of H-pyrrole nitrogens is 1. The van der Waals surface area contributed by atoms with Gasteiger partial charge in [0.1, 0.15) is 5.82 Å². The van der Waals surface area contributed by atoms with Crippen molar-refractivity contribution in [3.8, 4) is 11.1 Å². The van der Waals surface area contributed by atoms with Gasteiger partial charge in [-0.2, -0.15) is 5.10 Å². The Bertz CT molecular complexity index is 2320. The second-order valence-electron chi connectivity index (χ2n) is 17.4. The molecule has 5 atom stereocenters. The number of pyridine rings is 1. The van der Waals surface area contributed by atoms with E-state index in [1.165, 1.54) is 25.7 Å². The largest absolute Gasteiger partial charge is 0.476 e. The highest BCUT2D eigenvalue weighted by Crippen LogP contribution is 2.95. The SMILES string of the molecule is CCCOC12CC3(Cn4ncc(-c5ccc(N6CCCc7c6nnc(Nc6nc8ccccc8[nH]6)c7C)nc5C(=O)O)c4C)CC4(C)CC(C)(C1)C42C3. The molecule has 4 aliphatic carbocycles. The van der Waals surface area contributed by atoms with Crippen LogP contribution in [0.2, 0.25) is 0 Å². The molecule has 3 N–H and O–H groups in total. The van der Waals surface area contributed by atoms with Crippen LogP contribution < -0.4 is 10.2 Å². The van der Waals surface area contributed by atoms with Crippen molar-refractivity contribution in [3.05, 3.63) is 65.1 Å². The Hall–Kier alpha value is -4.84. The number of nitrogens with one attached hydrogen (secondary N) is 2. The van der Waals surface area contributed by atoms with Gasteiger partial charge in [-0.15, -0.1) is 10.2 Å². The van der Waals surface area contributed by atoms with Gasteiger partial charge in [-0.05, 0) is 106 Å². The van der Waals surface area contributed by atoms with Crippen LogP contribution in [0.25, 0.3) is 22.2 Å². The molecule has 2 bridgehead atoms. The molecule has 274 valence electrons. The van der Waals surface area contributed by atoms with Crippen LogP contribution in [0.5, 0.6) is 0 Å². The molecule has 4 aromatic heterocycles. The Morgan fingerprint density at radius 1 is 1.00 bits per heavy atom. The maximum absolute atomic E-state index is 12.9. The number of benzene rings is 1. The lowest BCUT2D eigenvalue weighted by Crippen LogP contribution is -2.81. The smallest absolute Gasteiger partial charge is 0.355 e. The first-order chi connectivity index (χ1) is 25.4. The van der Waals surface area contributed by atoms with Crippen molar-refractivity contribution in [2.75, 3.05) is 23.4 Å². The van der Waals surface area contributed by atoms with Crippen molar-refractivity contribution in [1.29, 1.82) is 0 Å². The molecule has 5 unspecified atom stereocenters. The molecule has 4 fully saturated rings. The van der Waals surface area contributed by atoms with Crippen LogP contribution in [0.15, 0.2) is 42.6 Å². The molecule has 0 amide bonds. The summed E-state index contributed by atoms with van der Waals surface area (Å²) in [5.74, 6) is 1.40. The highest BCUT2D eigenvalue weighted by Gasteiger charge is 2.93. The fourth-order valence-corrected chi connectivity index (χ4v) is 12.9. The maximum Gasteiger partial charge on any atom is 0.355 e. The van der Waals surface area contributed by atoms with Gasteiger partial charge in [0, 0.05) is 53.1 Å². The summed E-state index contributed by atoms with van der Waals surface area (Å²) in [6, 6.07) is 11.7. The van der Waals surface area contributed by atoms with Gasteiger partial charge < -0.3 is 25.0 Å². The molecule has 0 saturated heterocycles. The van der Waals surface area contributed by atoms with Crippen LogP contribution in [0, 0.1) is 35.5 Å². The first-order valence-corrected chi connectivity index (χ1v) is 19.2. The number of para-hydroxylation sites is 2. The Labute approximate surface area is 308 Å². The first-order valence-electron chi connectivity index (χ1n) is 19.2. The van der Waals surface area contributed by atoms with Gasteiger partial charge in [0.2, 0.25) is 5.95 Å². The second kappa shape index (κ2) is 10.9. The minimum absolute atomic E-state index is 0.00819. The van der Waals surface area contributed by atoms with Gasteiger partial charge in [-0.1, -0.05) is 32.9 Å². The number of carboxylic acid groups (broad SMARTS) is 1. The summed E-state index contributed by atoms with van der Waals surface area (Å²) in [4.78, 5) is 27.5. The number of anilines is 4.